The van der Waals surface area contributed by atoms with Gasteiger partial charge in [0.1, 0.15) is 18.2 Å². The van der Waals surface area contributed by atoms with Gasteiger partial charge in [-0.25, -0.2) is 4.68 Å². The largest absolute Gasteiger partial charge is 0.340 e. The second-order valence-electron chi connectivity index (χ2n) is 5.92. The fourth-order valence-corrected chi connectivity index (χ4v) is 3.17. The Morgan fingerprint density at radius 2 is 2.00 bits per heavy atom. The van der Waals surface area contributed by atoms with Crippen molar-refractivity contribution in [2.24, 2.45) is 0 Å². The number of hydrogen-bond acceptors (Lipinski definition) is 4. The molecule has 136 valence electrons. The van der Waals surface area contributed by atoms with E-state index in [1.807, 2.05) is 44.2 Å². The fourth-order valence-electron chi connectivity index (χ4n) is 2.76. The Kier molecular flexibility index (Phi) is 6.70. The molecule has 0 spiro atoms. The second-order valence-corrected chi connectivity index (χ2v) is 6.78. The minimum Gasteiger partial charge on any atom is -0.340 e. The van der Waals surface area contributed by atoms with Gasteiger partial charge in [-0.2, -0.15) is 10.4 Å². The summed E-state index contributed by atoms with van der Waals surface area (Å²) >= 11 is 3.46. The maximum atomic E-state index is 12.6. The number of aryl methyl sites for hydroxylation is 1. The van der Waals surface area contributed by atoms with Crippen LogP contribution < -0.4 is 5.56 Å². The molecule has 0 saturated heterocycles. The average molecular weight is 417 g/mol. The van der Waals surface area contributed by atoms with Crippen LogP contribution in [0.5, 0.6) is 0 Å². The maximum absolute atomic E-state index is 12.6. The van der Waals surface area contributed by atoms with Crippen molar-refractivity contribution in [2.45, 2.75) is 39.8 Å². The van der Waals surface area contributed by atoms with Crippen molar-refractivity contribution in [2.75, 3.05) is 7.05 Å². The lowest BCUT2D eigenvalue weighted by atomic mass is 10.0. The van der Waals surface area contributed by atoms with Crippen LogP contribution in [0.1, 0.15) is 36.2 Å². The van der Waals surface area contributed by atoms with Gasteiger partial charge in [0.15, 0.2) is 0 Å². The van der Waals surface area contributed by atoms with Gasteiger partial charge in [0.2, 0.25) is 5.91 Å². The molecule has 2 aromatic rings. The lowest BCUT2D eigenvalue weighted by Gasteiger charge is -2.19. The highest BCUT2D eigenvalue weighted by atomic mass is 79.9. The summed E-state index contributed by atoms with van der Waals surface area (Å²) in [6.07, 6.45) is 1.16. The molecule has 7 heteroatoms. The molecule has 1 amide bonds. The molecule has 0 aliphatic rings. The molecule has 0 fully saturated rings. The van der Waals surface area contributed by atoms with Gasteiger partial charge in [-0.1, -0.05) is 48.0 Å². The number of aromatic nitrogens is 2. The van der Waals surface area contributed by atoms with Crippen LogP contribution in [0.3, 0.4) is 0 Å². The molecule has 0 radical (unpaired) electrons. The summed E-state index contributed by atoms with van der Waals surface area (Å²) in [6.45, 7) is 4.02. The number of carbonyl (C=O) groups is 1. The van der Waals surface area contributed by atoms with E-state index in [-0.39, 0.29) is 18.0 Å². The summed E-state index contributed by atoms with van der Waals surface area (Å²) in [5.41, 5.74) is 1.90. The van der Waals surface area contributed by atoms with E-state index in [4.69, 9.17) is 0 Å². The van der Waals surface area contributed by atoms with Crippen LogP contribution in [-0.2, 0) is 30.7 Å². The molecule has 0 N–H and O–H groups in total. The van der Waals surface area contributed by atoms with E-state index in [0.717, 1.165) is 14.7 Å². The summed E-state index contributed by atoms with van der Waals surface area (Å²) in [4.78, 5) is 26.6. The van der Waals surface area contributed by atoms with E-state index >= 15 is 0 Å². The van der Waals surface area contributed by atoms with Gasteiger partial charge >= 0.3 is 0 Å². The third-order valence-corrected chi connectivity index (χ3v) is 4.99. The Balaban J connectivity index is 2.27. The standard InChI is InChI=1S/C19H21BrN4O2/c1-4-14-15(10-21)19(26)24(22-17(14)5-2)12-18(25)23(3)11-13-8-6-7-9-16(13)20/h6-9H,4-5,11-12H2,1-3H3. The number of likely N-dealkylation sites (N-methyl/N-ethyl adjacent to an activating group) is 1. The van der Waals surface area contributed by atoms with Crippen molar-refractivity contribution in [3.05, 3.63) is 61.5 Å². The molecule has 26 heavy (non-hydrogen) atoms. The van der Waals surface area contributed by atoms with Crippen molar-refractivity contribution in [1.29, 1.82) is 5.26 Å². The van der Waals surface area contributed by atoms with E-state index in [2.05, 4.69) is 21.0 Å². The first-order valence-electron chi connectivity index (χ1n) is 8.43. The van der Waals surface area contributed by atoms with E-state index in [0.29, 0.717) is 30.6 Å². The first kappa shape index (κ1) is 19.9. The van der Waals surface area contributed by atoms with E-state index in [1.54, 1.807) is 11.9 Å². The van der Waals surface area contributed by atoms with Gasteiger partial charge in [0.25, 0.3) is 5.56 Å². The summed E-state index contributed by atoms with van der Waals surface area (Å²) in [5, 5.41) is 13.7. The van der Waals surface area contributed by atoms with Crippen LogP contribution in [0.2, 0.25) is 0 Å². The predicted octanol–water partition coefficient (Wildman–Crippen LogP) is 2.66. The van der Waals surface area contributed by atoms with Crippen LogP contribution >= 0.6 is 15.9 Å². The molecular formula is C19H21BrN4O2. The number of rotatable bonds is 6. The Morgan fingerprint density at radius 1 is 1.31 bits per heavy atom. The number of nitriles is 1. The Hall–Kier alpha value is -2.46. The van der Waals surface area contributed by atoms with Gasteiger partial charge in [-0.3, -0.25) is 9.59 Å². The fraction of sp³-hybridized carbons (Fsp3) is 0.368. The van der Waals surface area contributed by atoms with Crippen molar-refractivity contribution >= 4 is 21.8 Å². The van der Waals surface area contributed by atoms with Crippen molar-refractivity contribution in [3.63, 3.8) is 0 Å². The van der Waals surface area contributed by atoms with Crippen LogP contribution in [-0.4, -0.2) is 27.6 Å². The first-order chi connectivity index (χ1) is 12.4. The SMILES string of the molecule is CCc1nn(CC(=O)N(C)Cc2ccccc2Br)c(=O)c(C#N)c1CC. The van der Waals surface area contributed by atoms with Crippen molar-refractivity contribution in [3.8, 4) is 6.07 Å². The first-order valence-corrected chi connectivity index (χ1v) is 9.22. The third kappa shape index (κ3) is 4.20. The Bertz CT molecular complexity index is 915. The molecule has 0 aliphatic heterocycles. The summed E-state index contributed by atoms with van der Waals surface area (Å²) in [7, 11) is 1.68. The monoisotopic (exact) mass is 416 g/mol. The molecule has 1 heterocycles. The van der Waals surface area contributed by atoms with E-state index in [9.17, 15) is 14.9 Å². The number of nitrogens with zero attached hydrogens (tertiary/aromatic N) is 4. The topological polar surface area (TPSA) is 79.0 Å². The van der Waals surface area contributed by atoms with Crippen molar-refractivity contribution in [1.82, 2.24) is 14.7 Å². The molecule has 6 nitrogen and oxygen atoms in total. The minimum atomic E-state index is -0.510. The summed E-state index contributed by atoms with van der Waals surface area (Å²) < 4.78 is 2.03. The highest BCUT2D eigenvalue weighted by Crippen LogP contribution is 2.17. The quantitative estimate of drug-likeness (QED) is 0.724. The highest BCUT2D eigenvalue weighted by molar-refractivity contribution is 9.10. The minimum absolute atomic E-state index is 0.0839. The molecule has 1 aromatic heterocycles. The van der Waals surface area contributed by atoms with Crippen LogP contribution in [0.15, 0.2) is 33.5 Å². The molecule has 0 atom stereocenters. The molecule has 1 aromatic carbocycles. The van der Waals surface area contributed by atoms with E-state index < -0.39 is 5.56 Å². The molecular weight excluding hydrogens is 396 g/mol. The van der Waals surface area contributed by atoms with Crippen LogP contribution in [0, 0.1) is 11.3 Å². The number of carbonyl (C=O) groups excluding carboxylic acids is 1. The van der Waals surface area contributed by atoms with Crippen molar-refractivity contribution < 1.29 is 4.79 Å². The molecule has 0 unspecified atom stereocenters. The molecule has 0 bridgehead atoms. The Morgan fingerprint density at radius 3 is 2.58 bits per heavy atom. The lowest BCUT2D eigenvalue weighted by Crippen LogP contribution is -2.36. The zero-order valence-electron chi connectivity index (χ0n) is 15.1. The molecule has 0 saturated carbocycles. The Labute approximate surface area is 161 Å². The van der Waals surface area contributed by atoms with E-state index in [1.165, 1.54) is 0 Å². The maximum Gasteiger partial charge on any atom is 0.285 e. The van der Waals surface area contributed by atoms with Crippen LogP contribution in [0.4, 0.5) is 0 Å². The molecule has 2 rings (SSSR count). The lowest BCUT2D eigenvalue weighted by molar-refractivity contribution is -0.131. The van der Waals surface area contributed by atoms with Crippen LogP contribution in [0.25, 0.3) is 0 Å². The smallest absolute Gasteiger partial charge is 0.285 e. The zero-order valence-corrected chi connectivity index (χ0v) is 16.7. The number of benzene rings is 1. The summed E-state index contributed by atoms with van der Waals surface area (Å²) in [6, 6.07) is 9.63. The zero-order chi connectivity index (χ0) is 19.3. The number of amides is 1. The molecule has 0 aliphatic carbocycles. The average Bonchev–Trinajstić information content (AvgIpc) is 2.64. The van der Waals surface area contributed by atoms with Gasteiger partial charge in [0.05, 0.1) is 5.69 Å². The second kappa shape index (κ2) is 8.77. The number of halogens is 1. The third-order valence-electron chi connectivity index (χ3n) is 4.22. The number of hydrogen-bond donors (Lipinski definition) is 0. The van der Waals surface area contributed by atoms with Gasteiger partial charge < -0.3 is 4.90 Å². The predicted molar refractivity (Wildman–Crippen MR) is 103 cm³/mol. The van der Waals surface area contributed by atoms with Gasteiger partial charge in [-0.05, 0) is 30.0 Å². The summed E-state index contributed by atoms with van der Waals surface area (Å²) in [5.74, 6) is -0.245. The highest BCUT2D eigenvalue weighted by Gasteiger charge is 2.18. The normalized spacial score (nSPS) is 10.4. The van der Waals surface area contributed by atoms with Gasteiger partial charge in [-0.15, -0.1) is 0 Å². The van der Waals surface area contributed by atoms with Gasteiger partial charge in [0, 0.05) is 18.1 Å².